The van der Waals surface area contributed by atoms with E-state index in [0.717, 1.165) is 0 Å². The number of aromatic amines is 1. The number of nitrogens with zero attached hydrogens (tertiary/aromatic N) is 1. The second kappa shape index (κ2) is 10.6. The molecule has 1 aliphatic heterocycles. The lowest BCUT2D eigenvalue weighted by atomic mass is 9.81. The lowest BCUT2D eigenvalue weighted by molar-refractivity contribution is -0.314. The van der Waals surface area contributed by atoms with Crippen molar-refractivity contribution in [3.63, 3.8) is 0 Å². The minimum absolute atomic E-state index is 0.0736. The molecule has 36 heavy (non-hydrogen) atoms. The Kier molecular flexibility index (Phi) is 8.10. The summed E-state index contributed by atoms with van der Waals surface area (Å²) in [6, 6.07) is 8.21. The second-order valence-corrected chi connectivity index (χ2v) is 11.8. The van der Waals surface area contributed by atoms with Crippen molar-refractivity contribution >= 4 is 13.7 Å². The van der Waals surface area contributed by atoms with Gasteiger partial charge in [0.1, 0.15) is 11.9 Å². The summed E-state index contributed by atoms with van der Waals surface area (Å²) in [6.07, 6.45) is 3.09. The molecular weight excluding hydrogens is 489 g/mol. The van der Waals surface area contributed by atoms with Crippen LogP contribution in [-0.4, -0.2) is 33.8 Å². The highest BCUT2D eigenvalue weighted by atomic mass is 31.2. The third-order valence-electron chi connectivity index (χ3n) is 5.32. The monoisotopic (exact) mass is 520 g/mol. The number of para-hydroxylation sites is 1. The SMILES string of the molecule is Cc1cn([C@H]2C=C[C@@H](COP(=O)(N[C@@](C)(CC(C)(C)C)C(=O)[O-])Oc3ccccc3)O2)c(=O)[nH]c1=O. The average Bonchev–Trinajstić information content (AvgIpc) is 3.23. The standard InChI is InChI=1S/C24H32N3O8P/c1-16-13-27(22(31)25-20(16)28)19-12-11-18(34-19)14-33-36(32,35-17-9-7-6-8-10-17)26-24(5,21(29)30)15-23(2,3)4/h6-13,18-19H,14-15H2,1-5H3,(H,26,32)(H,29,30)(H,25,28,31)/p-1/t18-,19+,24-,36?/m0/s1. The lowest BCUT2D eigenvalue weighted by Gasteiger charge is -2.39. The molecule has 1 aromatic carbocycles. The molecule has 0 bridgehead atoms. The Morgan fingerprint density at radius 3 is 2.47 bits per heavy atom. The summed E-state index contributed by atoms with van der Waals surface area (Å²) in [5, 5.41) is 14.6. The Labute approximate surface area is 208 Å². The van der Waals surface area contributed by atoms with E-state index in [-0.39, 0.29) is 18.8 Å². The van der Waals surface area contributed by atoms with Crippen LogP contribution in [0.1, 0.15) is 45.9 Å². The Morgan fingerprint density at radius 1 is 1.19 bits per heavy atom. The quantitative estimate of drug-likeness (QED) is 0.354. The van der Waals surface area contributed by atoms with Gasteiger partial charge in [-0.05, 0) is 43.9 Å². The van der Waals surface area contributed by atoms with E-state index >= 15 is 0 Å². The molecule has 0 fully saturated rings. The first-order chi connectivity index (χ1) is 16.7. The number of H-pyrrole nitrogens is 1. The van der Waals surface area contributed by atoms with E-state index in [1.165, 1.54) is 17.7 Å². The van der Waals surface area contributed by atoms with E-state index < -0.39 is 48.3 Å². The van der Waals surface area contributed by atoms with Gasteiger partial charge < -0.3 is 19.2 Å². The minimum Gasteiger partial charge on any atom is -0.548 e. The zero-order valence-corrected chi connectivity index (χ0v) is 21.7. The molecule has 12 heteroatoms. The molecule has 3 rings (SSSR count). The maximum Gasteiger partial charge on any atom is 0.459 e. The number of carboxylic acid groups (broad SMARTS) is 1. The highest BCUT2D eigenvalue weighted by Gasteiger charge is 2.41. The van der Waals surface area contributed by atoms with Crippen molar-refractivity contribution in [1.29, 1.82) is 0 Å². The predicted octanol–water partition coefficient (Wildman–Crippen LogP) is 2.04. The molecule has 2 N–H and O–H groups in total. The van der Waals surface area contributed by atoms with Crippen molar-refractivity contribution in [3.05, 3.63) is 75.1 Å². The van der Waals surface area contributed by atoms with Crippen molar-refractivity contribution in [2.45, 2.75) is 58.9 Å². The Bertz CT molecular complexity index is 1280. The molecular formula is C24H31N3O8P-. The number of hydrogen-bond donors (Lipinski definition) is 2. The largest absolute Gasteiger partial charge is 0.548 e. The van der Waals surface area contributed by atoms with Crippen LogP contribution < -0.4 is 26.0 Å². The van der Waals surface area contributed by atoms with Crippen LogP contribution in [0.15, 0.2) is 58.3 Å². The number of aryl methyl sites for hydroxylation is 1. The van der Waals surface area contributed by atoms with E-state index in [9.17, 15) is 24.1 Å². The molecule has 0 spiro atoms. The molecule has 0 aliphatic carbocycles. The normalized spacial score (nSPS) is 21.0. The molecule has 2 aromatic rings. The fourth-order valence-corrected chi connectivity index (χ4v) is 5.59. The van der Waals surface area contributed by atoms with Crippen LogP contribution in [0.3, 0.4) is 0 Å². The van der Waals surface area contributed by atoms with E-state index in [1.54, 1.807) is 49.4 Å². The van der Waals surface area contributed by atoms with Gasteiger partial charge in [0.25, 0.3) is 5.56 Å². The first kappa shape index (κ1) is 27.6. The van der Waals surface area contributed by atoms with E-state index in [0.29, 0.717) is 5.56 Å². The van der Waals surface area contributed by atoms with Crippen LogP contribution in [0.25, 0.3) is 0 Å². The van der Waals surface area contributed by atoms with Gasteiger partial charge >= 0.3 is 13.4 Å². The van der Waals surface area contributed by atoms with E-state index in [1.807, 2.05) is 20.8 Å². The first-order valence-corrected chi connectivity index (χ1v) is 12.9. The number of nitrogens with one attached hydrogen (secondary N) is 2. The molecule has 0 saturated heterocycles. The van der Waals surface area contributed by atoms with Crippen molar-refractivity contribution in [2.24, 2.45) is 5.41 Å². The summed E-state index contributed by atoms with van der Waals surface area (Å²) in [6.45, 7) is 8.18. The average molecular weight is 520 g/mol. The number of carbonyl (C=O) groups excluding carboxylic acids is 1. The highest BCUT2D eigenvalue weighted by molar-refractivity contribution is 7.52. The van der Waals surface area contributed by atoms with Gasteiger partial charge in [0.15, 0.2) is 6.23 Å². The Balaban J connectivity index is 1.79. The van der Waals surface area contributed by atoms with Gasteiger partial charge in [0, 0.05) is 11.8 Å². The third kappa shape index (κ3) is 7.04. The molecule has 4 atom stereocenters. The number of rotatable bonds is 10. The number of carbonyl (C=O) groups is 1. The van der Waals surface area contributed by atoms with Gasteiger partial charge in [-0.3, -0.25) is 18.9 Å². The topological polar surface area (TPSA) is 152 Å². The number of aromatic nitrogens is 2. The van der Waals surface area contributed by atoms with Crippen LogP contribution in [0.4, 0.5) is 0 Å². The van der Waals surface area contributed by atoms with Gasteiger partial charge in [0.2, 0.25) is 0 Å². The maximum absolute atomic E-state index is 13.8. The molecule has 0 saturated carbocycles. The smallest absolute Gasteiger partial charge is 0.459 e. The molecule has 0 amide bonds. The number of ether oxygens (including phenoxy) is 1. The third-order valence-corrected chi connectivity index (χ3v) is 7.03. The van der Waals surface area contributed by atoms with Crippen molar-refractivity contribution < 1.29 is 28.3 Å². The zero-order chi connectivity index (χ0) is 26.7. The zero-order valence-electron chi connectivity index (χ0n) is 20.8. The number of benzene rings is 1. The summed E-state index contributed by atoms with van der Waals surface area (Å²) in [7, 11) is -4.27. The summed E-state index contributed by atoms with van der Waals surface area (Å²) in [4.78, 5) is 38.1. The summed E-state index contributed by atoms with van der Waals surface area (Å²) in [5.41, 5.74) is -3.00. The molecule has 1 unspecified atom stereocenters. The van der Waals surface area contributed by atoms with Crippen LogP contribution in [0.5, 0.6) is 5.75 Å². The number of carboxylic acids is 1. The van der Waals surface area contributed by atoms with Crippen molar-refractivity contribution in [1.82, 2.24) is 14.6 Å². The maximum atomic E-state index is 13.8. The molecule has 196 valence electrons. The fraction of sp³-hybridized carbons (Fsp3) is 0.458. The van der Waals surface area contributed by atoms with Crippen molar-refractivity contribution in [2.75, 3.05) is 6.61 Å². The molecule has 1 aromatic heterocycles. The summed E-state index contributed by atoms with van der Waals surface area (Å²) >= 11 is 0. The molecule has 0 radical (unpaired) electrons. The first-order valence-electron chi connectivity index (χ1n) is 11.4. The minimum atomic E-state index is -4.27. The van der Waals surface area contributed by atoms with Gasteiger partial charge in [-0.25, -0.2) is 14.4 Å². The fourth-order valence-electron chi connectivity index (χ4n) is 3.91. The molecule has 2 heterocycles. The van der Waals surface area contributed by atoms with Gasteiger partial charge in [0.05, 0.1) is 18.1 Å². The second-order valence-electron chi connectivity index (χ2n) is 10.1. The van der Waals surface area contributed by atoms with Crippen LogP contribution >= 0.6 is 7.75 Å². The lowest BCUT2D eigenvalue weighted by Crippen LogP contribution is -2.57. The van der Waals surface area contributed by atoms with Gasteiger partial charge in [-0.15, -0.1) is 0 Å². The summed E-state index contributed by atoms with van der Waals surface area (Å²) in [5.74, 6) is -1.25. The molecule has 11 nitrogen and oxygen atoms in total. The van der Waals surface area contributed by atoms with Crippen molar-refractivity contribution in [3.8, 4) is 5.75 Å². The van der Waals surface area contributed by atoms with E-state index in [2.05, 4.69) is 10.1 Å². The Morgan fingerprint density at radius 2 is 1.86 bits per heavy atom. The Hall–Kier alpha value is -2.98. The molecule has 1 aliphatic rings. The van der Waals surface area contributed by atoms with Crippen LogP contribution in [-0.2, 0) is 18.6 Å². The number of aliphatic carboxylic acids is 1. The van der Waals surface area contributed by atoms with Gasteiger partial charge in [-0.2, -0.15) is 0 Å². The highest BCUT2D eigenvalue weighted by Crippen LogP contribution is 2.48. The van der Waals surface area contributed by atoms with Crippen LogP contribution in [0.2, 0.25) is 0 Å². The predicted molar refractivity (Wildman–Crippen MR) is 130 cm³/mol. The summed E-state index contributed by atoms with van der Waals surface area (Å²) < 4.78 is 32.1. The van der Waals surface area contributed by atoms with Crippen LogP contribution in [0, 0.1) is 12.3 Å². The van der Waals surface area contributed by atoms with E-state index in [4.69, 9.17) is 13.8 Å². The number of hydrogen-bond acceptors (Lipinski definition) is 8. The van der Waals surface area contributed by atoms with Gasteiger partial charge in [-0.1, -0.05) is 45.0 Å².